The number of rotatable bonds is 10. The van der Waals surface area contributed by atoms with Gasteiger partial charge in [-0.3, -0.25) is 14.1 Å². The van der Waals surface area contributed by atoms with Gasteiger partial charge >= 0.3 is 11.7 Å². The number of pyridine rings is 1. The van der Waals surface area contributed by atoms with Gasteiger partial charge in [0.15, 0.2) is 5.82 Å². The number of hydrogen-bond donors (Lipinski definition) is 2. The summed E-state index contributed by atoms with van der Waals surface area (Å²) in [7, 11) is 0. The van der Waals surface area contributed by atoms with Gasteiger partial charge in [-0.15, -0.1) is 10.2 Å². The standard InChI is InChI=1S/C27H29N9O3/c1-4-5-8-19-16-35(25-23(26(37)38)14-29-36(25)17(2)3)27(39)34(19)15-18-13-28-12-11-20(18)21-9-6-7-10-22(21)24-30-32-33-31-24/h6-7,9-14,16-17H,4-5,8,15H2,1-3H3,(H,37,38)(H,30,31,32,33). The maximum Gasteiger partial charge on any atom is 0.341 e. The molecule has 12 heteroatoms. The number of aromatic carboxylic acids is 1. The van der Waals surface area contributed by atoms with E-state index in [0.29, 0.717) is 12.2 Å². The summed E-state index contributed by atoms with van der Waals surface area (Å²) < 4.78 is 4.66. The minimum atomic E-state index is -1.14. The Morgan fingerprint density at radius 3 is 2.59 bits per heavy atom. The summed E-state index contributed by atoms with van der Waals surface area (Å²) >= 11 is 0. The molecular weight excluding hydrogens is 498 g/mol. The van der Waals surface area contributed by atoms with Crippen molar-refractivity contribution in [3.63, 3.8) is 0 Å². The number of benzene rings is 1. The van der Waals surface area contributed by atoms with Gasteiger partial charge in [0.2, 0.25) is 5.82 Å². The molecule has 0 spiro atoms. The van der Waals surface area contributed by atoms with Crippen molar-refractivity contribution in [1.29, 1.82) is 0 Å². The fourth-order valence-corrected chi connectivity index (χ4v) is 4.70. The second-order valence-electron chi connectivity index (χ2n) is 9.50. The number of aromatic nitrogens is 9. The van der Waals surface area contributed by atoms with E-state index in [4.69, 9.17) is 0 Å². The molecule has 39 heavy (non-hydrogen) atoms. The van der Waals surface area contributed by atoms with Crippen molar-refractivity contribution in [2.75, 3.05) is 0 Å². The van der Waals surface area contributed by atoms with Gasteiger partial charge in [0.05, 0.1) is 12.7 Å². The van der Waals surface area contributed by atoms with Crippen LogP contribution in [0.3, 0.4) is 0 Å². The van der Waals surface area contributed by atoms with Crippen molar-refractivity contribution in [2.24, 2.45) is 0 Å². The van der Waals surface area contributed by atoms with Crippen molar-refractivity contribution in [1.82, 2.24) is 44.5 Å². The summed E-state index contributed by atoms with van der Waals surface area (Å²) in [5.41, 5.74) is 3.81. The van der Waals surface area contributed by atoms with Gasteiger partial charge in [-0.2, -0.15) is 10.3 Å². The summed E-state index contributed by atoms with van der Waals surface area (Å²) in [5, 5.41) is 28.6. The minimum Gasteiger partial charge on any atom is -0.477 e. The van der Waals surface area contributed by atoms with E-state index in [9.17, 15) is 14.7 Å². The molecule has 0 bridgehead atoms. The Hall–Kier alpha value is -4.87. The van der Waals surface area contributed by atoms with Crippen LogP contribution in [0.1, 0.15) is 61.3 Å². The zero-order valence-electron chi connectivity index (χ0n) is 21.9. The number of imidazole rings is 1. The molecule has 5 rings (SSSR count). The molecule has 5 aromatic rings. The number of hydrogen-bond acceptors (Lipinski definition) is 7. The molecule has 1 aromatic carbocycles. The van der Waals surface area contributed by atoms with E-state index >= 15 is 0 Å². The van der Waals surface area contributed by atoms with Crippen LogP contribution in [-0.4, -0.2) is 55.6 Å². The fraction of sp³-hybridized carbons (Fsp3) is 0.296. The third-order valence-corrected chi connectivity index (χ3v) is 6.60. The van der Waals surface area contributed by atoms with Crippen molar-refractivity contribution in [2.45, 2.75) is 52.6 Å². The molecule has 0 radical (unpaired) electrons. The van der Waals surface area contributed by atoms with Crippen molar-refractivity contribution in [3.05, 3.63) is 82.4 Å². The molecule has 4 heterocycles. The summed E-state index contributed by atoms with van der Waals surface area (Å²) in [6, 6.07) is 9.48. The second kappa shape index (κ2) is 10.9. The number of aromatic amines is 1. The quantitative estimate of drug-likeness (QED) is 0.279. The molecule has 0 fully saturated rings. The van der Waals surface area contributed by atoms with Crippen LogP contribution in [0.5, 0.6) is 0 Å². The third-order valence-electron chi connectivity index (χ3n) is 6.60. The predicted octanol–water partition coefficient (Wildman–Crippen LogP) is 3.75. The van der Waals surface area contributed by atoms with E-state index in [-0.39, 0.29) is 29.7 Å². The third kappa shape index (κ3) is 4.88. The van der Waals surface area contributed by atoms with Gasteiger partial charge in [0, 0.05) is 35.9 Å². The van der Waals surface area contributed by atoms with E-state index in [1.54, 1.807) is 27.8 Å². The van der Waals surface area contributed by atoms with Gasteiger partial charge in [0.25, 0.3) is 0 Å². The molecule has 200 valence electrons. The Morgan fingerprint density at radius 2 is 1.90 bits per heavy atom. The van der Waals surface area contributed by atoms with Crippen LogP contribution in [0.25, 0.3) is 28.3 Å². The number of carboxylic acid groups (broad SMARTS) is 1. The highest BCUT2D eigenvalue weighted by molar-refractivity contribution is 5.91. The molecule has 0 amide bonds. The van der Waals surface area contributed by atoms with E-state index in [1.165, 1.54) is 10.8 Å². The zero-order chi connectivity index (χ0) is 27.5. The Balaban J connectivity index is 1.65. The van der Waals surface area contributed by atoms with Crippen LogP contribution in [0.4, 0.5) is 0 Å². The number of aryl methyl sites for hydroxylation is 1. The second-order valence-corrected chi connectivity index (χ2v) is 9.50. The molecule has 0 aliphatic rings. The van der Waals surface area contributed by atoms with E-state index in [1.807, 2.05) is 44.2 Å². The van der Waals surface area contributed by atoms with Crippen LogP contribution < -0.4 is 5.69 Å². The molecule has 2 N–H and O–H groups in total. The Bertz CT molecular complexity index is 1660. The molecule has 12 nitrogen and oxygen atoms in total. The SMILES string of the molecule is CCCCc1cn(-c2c(C(=O)O)cnn2C(C)C)c(=O)n1Cc1cnccc1-c1ccccc1-c1nn[nH]n1. The first-order valence-corrected chi connectivity index (χ1v) is 12.8. The molecule has 4 aromatic heterocycles. The lowest BCUT2D eigenvalue weighted by Crippen LogP contribution is -2.27. The summed E-state index contributed by atoms with van der Waals surface area (Å²) in [6.45, 7) is 6.12. The number of H-pyrrole nitrogens is 1. The van der Waals surface area contributed by atoms with Crippen LogP contribution in [0.15, 0.2) is 59.9 Å². The van der Waals surface area contributed by atoms with E-state index in [0.717, 1.165) is 40.8 Å². The Morgan fingerprint density at radius 1 is 1.10 bits per heavy atom. The zero-order valence-corrected chi connectivity index (χ0v) is 21.9. The highest BCUT2D eigenvalue weighted by atomic mass is 16.4. The van der Waals surface area contributed by atoms with Gasteiger partial charge in [-0.1, -0.05) is 37.6 Å². The number of carbonyl (C=O) groups is 1. The topological polar surface area (TPSA) is 149 Å². The van der Waals surface area contributed by atoms with E-state index < -0.39 is 5.97 Å². The number of tetrazole rings is 1. The number of nitrogens with one attached hydrogen (secondary N) is 1. The van der Waals surface area contributed by atoms with Gasteiger partial charge in [-0.25, -0.2) is 14.3 Å². The van der Waals surface area contributed by atoms with Gasteiger partial charge in [-0.05, 0) is 54.7 Å². The first kappa shape index (κ1) is 25.8. The molecule has 0 saturated heterocycles. The molecule has 0 atom stereocenters. The average molecular weight is 528 g/mol. The molecular formula is C27H29N9O3. The van der Waals surface area contributed by atoms with Crippen LogP contribution >= 0.6 is 0 Å². The van der Waals surface area contributed by atoms with Gasteiger partial charge < -0.3 is 5.11 Å². The minimum absolute atomic E-state index is 0.0268. The molecule has 0 aliphatic heterocycles. The van der Waals surface area contributed by atoms with Crippen LogP contribution in [-0.2, 0) is 13.0 Å². The normalized spacial score (nSPS) is 11.4. The first-order valence-electron chi connectivity index (χ1n) is 12.8. The van der Waals surface area contributed by atoms with Crippen LogP contribution in [0.2, 0.25) is 0 Å². The number of carboxylic acids is 1. The lowest BCUT2D eigenvalue weighted by Gasteiger charge is -2.14. The van der Waals surface area contributed by atoms with Crippen molar-refractivity contribution < 1.29 is 9.90 Å². The highest BCUT2D eigenvalue weighted by Crippen LogP contribution is 2.32. The number of unbranched alkanes of at least 4 members (excludes halogenated alkanes) is 1. The van der Waals surface area contributed by atoms with Gasteiger partial charge in [0.1, 0.15) is 5.56 Å². The Kier molecular flexibility index (Phi) is 7.17. The summed E-state index contributed by atoms with van der Waals surface area (Å²) in [6.07, 6.45) is 8.96. The summed E-state index contributed by atoms with van der Waals surface area (Å²) in [5.74, 6) is -0.435. The first-order chi connectivity index (χ1) is 18.9. The molecule has 0 saturated carbocycles. The predicted molar refractivity (Wildman–Crippen MR) is 144 cm³/mol. The smallest absolute Gasteiger partial charge is 0.341 e. The maximum atomic E-state index is 13.9. The fourth-order valence-electron chi connectivity index (χ4n) is 4.70. The Labute approximate surface area is 224 Å². The largest absolute Gasteiger partial charge is 0.477 e. The van der Waals surface area contributed by atoms with Crippen LogP contribution in [0, 0.1) is 0 Å². The lowest BCUT2D eigenvalue weighted by molar-refractivity contribution is 0.0696. The number of nitrogens with zero attached hydrogens (tertiary/aromatic N) is 8. The molecule has 0 unspecified atom stereocenters. The monoisotopic (exact) mass is 527 g/mol. The van der Waals surface area contributed by atoms with Crippen molar-refractivity contribution >= 4 is 5.97 Å². The lowest BCUT2D eigenvalue weighted by atomic mass is 9.96. The van der Waals surface area contributed by atoms with Crippen molar-refractivity contribution in [3.8, 4) is 28.3 Å². The molecule has 0 aliphatic carbocycles. The van der Waals surface area contributed by atoms with E-state index in [2.05, 4.69) is 37.6 Å². The summed E-state index contributed by atoms with van der Waals surface area (Å²) in [4.78, 5) is 30.3. The average Bonchev–Trinajstić information content (AvgIpc) is 3.68. The maximum absolute atomic E-state index is 13.9. The highest BCUT2D eigenvalue weighted by Gasteiger charge is 2.24.